The van der Waals surface area contributed by atoms with Gasteiger partial charge in [-0.25, -0.2) is 13.1 Å². The third-order valence-corrected chi connectivity index (χ3v) is 5.01. The zero-order valence-corrected chi connectivity index (χ0v) is 12.7. The number of nitrogens with zero attached hydrogens (tertiary/aromatic N) is 3. The second-order valence-electron chi connectivity index (χ2n) is 5.21. The molecule has 1 aromatic rings. The third-order valence-electron chi connectivity index (χ3n) is 3.53. The number of anilines is 1. The maximum absolute atomic E-state index is 12.1. The van der Waals surface area contributed by atoms with Crippen LogP contribution >= 0.6 is 0 Å². The fourth-order valence-electron chi connectivity index (χ4n) is 2.47. The molecule has 0 unspecified atom stereocenters. The number of nitrogen functional groups attached to an aromatic ring is 1. The van der Waals surface area contributed by atoms with E-state index in [0.717, 1.165) is 19.6 Å². The maximum Gasteiger partial charge on any atom is 0.245 e. The van der Waals surface area contributed by atoms with Crippen molar-refractivity contribution in [1.29, 1.82) is 0 Å². The molecular formula is C12H23N5O2S. The van der Waals surface area contributed by atoms with E-state index in [9.17, 15) is 8.42 Å². The van der Waals surface area contributed by atoms with Crippen LogP contribution in [0.5, 0.6) is 0 Å². The number of aromatic nitrogens is 2. The molecule has 0 aliphatic carbocycles. The Morgan fingerprint density at radius 3 is 2.50 bits per heavy atom. The lowest BCUT2D eigenvalue weighted by Crippen LogP contribution is -2.35. The Bertz CT molecular complexity index is 532. The molecule has 8 heteroatoms. The Hall–Kier alpha value is -1.12. The van der Waals surface area contributed by atoms with Crippen molar-refractivity contribution in [2.75, 3.05) is 31.9 Å². The van der Waals surface area contributed by atoms with Crippen molar-refractivity contribution in [1.82, 2.24) is 19.4 Å². The minimum absolute atomic E-state index is 0.0368. The predicted octanol–water partition coefficient (Wildman–Crippen LogP) is 0.157. The van der Waals surface area contributed by atoms with Crippen molar-refractivity contribution in [2.24, 2.45) is 7.05 Å². The molecule has 2 heterocycles. The van der Waals surface area contributed by atoms with Crippen molar-refractivity contribution in [2.45, 2.75) is 30.6 Å². The molecule has 0 radical (unpaired) electrons. The molecule has 0 saturated carbocycles. The van der Waals surface area contributed by atoms with E-state index < -0.39 is 10.0 Å². The summed E-state index contributed by atoms with van der Waals surface area (Å²) in [6, 6.07) is 0. The van der Waals surface area contributed by atoms with Crippen molar-refractivity contribution in [3.63, 3.8) is 0 Å². The molecule has 0 bridgehead atoms. The van der Waals surface area contributed by atoms with E-state index >= 15 is 0 Å². The number of hydrogen-bond acceptors (Lipinski definition) is 5. The first kappa shape index (κ1) is 15.3. The van der Waals surface area contributed by atoms with Crippen molar-refractivity contribution in [3.8, 4) is 0 Å². The molecule has 1 aromatic heterocycles. The number of rotatable bonds is 5. The SMILES string of the molecule is Cn1cc(S(=O)(=O)NCCN2CCCCCC2)c(N)n1. The van der Waals surface area contributed by atoms with Gasteiger partial charge in [0.1, 0.15) is 4.90 Å². The fourth-order valence-corrected chi connectivity index (χ4v) is 3.59. The molecule has 0 atom stereocenters. The second-order valence-corrected chi connectivity index (χ2v) is 6.94. The Labute approximate surface area is 120 Å². The molecule has 3 N–H and O–H groups in total. The predicted molar refractivity (Wildman–Crippen MR) is 77.7 cm³/mol. The Morgan fingerprint density at radius 1 is 1.30 bits per heavy atom. The van der Waals surface area contributed by atoms with Crippen LogP contribution < -0.4 is 10.5 Å². The average molecular weight is 301 g/mol. The lowest BCUT2D eigenvalue weighted by Gasteiger charge is -2.19. The zero-order chi connectivity index (χ0) is 14.6. The van der Waals surface area contributed by atoms with Gasteiger partial charge in [0.2, 0.25) is 10.0 Å². The molecule has 114 valence electrons. The van der Waals surface area contributed by atoms with Crippen LogP contribution in [0.3, 0.4) is 0 Å². The van der Waals surface area contributed by atoms with Gasteiger partial charge in [0.25, 0.3) is 0 Å². The van der Waals surface area contributed by atoms with E-state index in [1.165, 1.54) is 36.6 Å². The number of nitrogens with two attached hydrogens (primary N) is 1. The molecule has 20 heavy (non-hydrogen) atoms. The van der Waals surface area contributed by atoms with Gasteiger partial charge in [0.15, 0.2) is 5.82 Å². The van der Waals surface area contributed by atoms with Crippen LogP contribution in [0.15, 0.2) is 11.1 Å². The maximum atomic E-state index is 12.1. The molecule has 1 aliphatic rings. The van der Waals surface area contributed by atoms with Crippen molar-refractivity contribution >= 4 is 15.8 Å². The number of aryl methyl sites for hydroxylation is 1. The quantitative estimate of drug-likeness (QED) is 0.808. The molecule has 7 nitrogen and oxygen atoms in total. The largest absolute Gasteiger partial charge is 0.381 e. The lowest BCUT2D eigenvalue weighted by molar-refractivity contribution is 0.290. The summed E-state index contributed by atoms with van der Waals surface area (Å²) in [6.07, 6.45) is 6.36. The monoisotopic (exact) mass is 301 g/mol. The highest BCUT2D eigenvalue weighted by Crippen LogP contribution is 2.15. The number of hydrogen-bond donors (Lipinski definition) is 2. The summed E-state index contributed by atoms with van der Waals surface area (Å²) < 4.78 is 28.2. The smallest absolute Gasteiger partial charge is 0.245 e. The van der Waals surface area contributed by atoms with E-state index in [1.54, 1.807) is 7.05 Å². The molecule has 0 spiro atoms. The van der Waals surface area contributed by atoms with E-state index in [2.05, 4.69) is 14.7 Å². The van der Waals surface area contributed by atoms with Gasteiger partial charge in [0, 0.05) is 26.3 Å². The molecule has 1 saturated heterocycles. The van der Waals surface area contributed by atoms with Crippen molar-refractivity contribution < 1.29 is 8.42 Å². The summed E-state index contributed by atoms with van der Waals surface area (Å²) in [6.45, 7) is 3.24. The van der Waals surface area contributed by atoms with Gasteiger partial charge in [-0.2, -0.15) is 5.10 Å². The van der Waals surface area contributed by atoms with Crippen LogP contribution in [0, 0.1) is 0 Å². The first-order valence-electron chi connectivity index (χ1n) is 7.00. The first-order chi connectivity index (χ1) is 9.49. The van der Waals surface area contributed by atoms with E-state index in [4.69, 9.17) is 5.73 Å². The normalized spacial score (nSPS) is 18.1. The summed E-state index contributed by atoms with van der Waals surface area (Å²) >= 11 is 0. The van der Waals surface area contributed by atoms with Crippen molar-refractivity contribution in [3.05, 3.63) is 6.20 Å². The highest BCUT2D eigenvalue weighted by molar-refractivity contribution is 7.89. The molecule has 0 aromatic carbocycles. The highest BCUT2D eigenvalue weighted by atomic mass is 32.2. The number of nitrogens with one attached hydrogen (secondary N) is 1. The summed E-state index contributed by atoms with van der Waals surface area (Å²) in [4.78, 5) is 2.36. The lowest BCUT2D eigenvalue weighted by atomic mass is 10.2. The summed E-state index contributed by atoms with van der Waals surface area (Å²) in [5.74, 6) is 0.0368. The molecular weight excluding hydrogens is 278 g/mol. The average Bonchev–Trinajstić information content (AvgIpc) is 2.60. The van der Waals surface area contributed by atoms with Gasteiger partial charge in [-0.05, 0) is 25.9 Å². The molecule has 1 aliphatic heterocycles. The Balaban J connectivity index is 1.87. The molecule has 1 fully saturated rings. The van der Waals surface area contributed by atoms with Gasteiger partial charge in [-0.15, -0.1) is 0 Å². The van der Waals surface area contributed by atoms with Crippen LogP contribution in [0.2, 0.25) is 0 Å². The summed E-state index contributed by atoms with van der Waals surface area (Å²) in [7, 11) is -1.92. The van der Waals surface area contributed by atoms with Crippen LogP contribution in [0.4, 0.5) is 5.82 Å². The van der Waals surface area contributed by atoms with Gasteiger partial charge < -0.3 is 10.6 Å². The minimum atomic E-state index is -3.57. The molecule has 2 rings (SSSR count). The standard InChI is InChI=1S/C12H23N5O2S/c1-16-10-11(12(13)15-16)20(18,19)14-6-9-17-7-4-2-3-5-8-17/h10,14H,2-9H2,1H3,(H2,13,15). The zero-order valence-electron chi connectivity index (χ0n) is 11.9. The summed E-state index contributed by atoms with van der Waals surface area (Å²) in [5, 5.41) is 3.85. The summed E-state index contributed by atoms with van der Waals surface area (Å²) in [5.41, 5.74) is 5.60. The van der Waals surface area contributed by atoms with Crippen LogP contribution in [0.1, 0.15) is 25.7 Å². The van der Waals surface area contributed by atoms with E-state index in [-0.39, 0.29) is 10.7 Å². The van der Waals surface area contributed by atoms with Gasteiger partial charge in [0.05, 0.1) is 0 Å². The highest BCUT2D eigenvalue weighted by Gasteiger charge is 2.20. The van der Waals surface area contributed by atoms with Crippen LogP contribution in [-0.2, 0) is 17.1 Å². The number of likely N-dealkylation sites (tertiary alicyclic amines) is 1. The van der Waals surface area contributed by atoms with Gasteiger partial charge >= 0.3 is 0 Å². The van der Waals surface area contributed by atoms with E-state index in [0.29, 0.717) is 6.54 Å². The molecule has 0 amide bonds. The minimum Gasteiger partial charge on any atom is -0.381 e. The fraction of sp³-hybridized carbons (Fsp3) is 0.750. The Morgan fingerprint density at radius 2 is 1.95 bits per heavy atom. The number of sulfonamides is 1. The van der Waals surface area contributed by atoms with Gasteiger partial charge in [-0.1, -0.05) is 12.8 Å². The topological polar surface area (TPSA) is 93.2 Å². The van der Waals surface area contributed by atoms with Crippen LogP contribution in [-0.4, -0.2) is 49.3 Å². The third kappa shape index (κ3) is 3.94. The Kier molecular flexibility index (Phi) is 5.00. The van der Waals surface area contributed by atoms with E-state index in [1.807, 2.05) is 0 Å². The van der Waals surface area contributed by atoms with Crippen LogP contribution in [0.25, 0.3) is 0 Å². The second kappa shape index (κ2) is 6.55. The van der Waals surface area contributed by atoms with Gasteiger partial charge in [-0.3, -0.25) is 4.68 Å². The first-order valence-corrected chi connectivity index (χ1v) is 8.48.